The Kier molecular flexibility index (Phi) is 5.15. The van der Waals surface area contributed by atoms with Crippen LogP contribution in [0.2, 0.25) is 0 Å². The Balaban J connectivity index is 1.76. The number of aromatic nitrogens is 5. The van der Waals surface area contributed by atoms with E-state index in [1.807, 2.05) is 18.2 Å². The maximum Gasteiger partial charge on any atom is 0.451 e. The molecule has 0 saturated carbocycles. The molecule has 8 nitrogen and oxygen atoms in total. The van der Waals surface area contributed by atoms with E-state index in [1.54, 1.807) is 41.5 Å². The SMILES string of the molecule is COc1ccccc1-c1nn(-c2ccccc2)cc1C(=O)Nc1n[nH]c(C(F)(F)F)n1. The van der Waals surface area contributed by atoms with E-state index in [0.29, 0.717) is 17.0 Å². The molecule has 0 aliphatic carbocycles. The summed E-state index contributed by atoms with van der Waals surface area (Å²) in [5.74, 6) is -2.06. The van der Waals surface area contributed by atoms with Gasteiger partial charge in [-0.2, -0.15) is 23.3 Å². The van der Waals surface area contributed by atoms with Crippen LogP contribution in [0.4, 0.5) is 19.1 Å². The maximum atomic E-state index is 12.9. The topological polar surface area (TPSA) is 97.7 Å². The summed E-state index contributed by atoms with van der Waals surface area (Å²) in [6, 6.07) is 16.0. The number of anilines is 1. The summed E-state index contributed by atoms with van der Waals surface area (Å²) in [6.07, 6.45) is -3.24. The third-order valence-corrected chi connectivity index (χ3v) is 4.32. The number of alkyl halides is 3. The van der Waals surface area contributed by atoms with Crippen molar-refractivity contribution in [1.29, 1.82) is 0 Å². The Morgan fingerprint density at radius 2 is 1.81 bits per heavy atom. The van der Waals surface area contributed by atoms with Crippen molar-refractivity contribution >= 4 is 11.9 Å². The van der Waals surface area contributed by atoms with Crippen LogP contribution >= 0.6 is 0 Å². The minimum atomic E-state index is -4.71. The second-order valence-electron chi connectivity index (χ2n) is 6.33. The molecule has 0 saturated heterocycles. The van der Waals surface area contributed by atoms with Crippen LogP contribution in [0.5, 0.6) is 5.75 Å². The van der Waals surface area contributed by atoms with Crippen molar-refractivity contribution in [3.8, 4) is 22.7 Å². The average Bonchev–Trinajstić information content (AvgIpc) is 3.42. The van der Waals surface area contributed by atoms with Crippen molar-refractivity contribution < 1.29 is 22.7 Å². The van der Waals surface area contributed by atoms with Crippen LogP contribution in [-0.4, -0.2) is 38.0 Å². The molecule has 0 fully saturated rings. The highest BCUT2D eigenvalue weighted by Crippen LogP contribution is 2.32. The smallest absolute Gasteiger partial charge is 0.451 e. The van der Waals surface area contributed by atoms with Gasteiger partial charge in [0.15, 0.2) is 0 Å². The summed E-state index contributed by atoms with van der Waals surface area (Å²) >= 11 is 0. The number of ether oxygens (including phenoxy) is 1. The highest BCUT2D eigenvalue weighted by atomic mass is 19.4. The van der Waals surface area contributed by atoms with Gasteiger partial charge in [0.05, 0.1) is 18.4 Å². The fourth-order valence-electron chi connectivity index (χ4n) is 2.91. The summed E-state index contributed by atoms with van der Waals surface area (Å²) in [5, 5.41) is 12.0. The second kappa shape index (κ2) is 7.94. The zero-order valence-corrected chi connectivity index (χ0v) is 16.0. The average molecular weight is 428 g/mol. The van der Waals surface area contributed by atoms with Crippen LogP contribution in [0.25, 0.3) is 16.9 Å². The molecule has 158 valence electrons. The van der Waals surface area contributed by atoms with Gasteiger partial charge in [-0.25, -0.2) is 4.68 Å². The first-order valence-corrected chi connectivity index (χ1v) is 8.96. The van der Waals surface area contributed by atoms with Crippen LogP contribution in [0.3, 0.4) is 0 Å². The molecule has 0 atom stereocenters. The normalized spacial score (nSPS) is 11.4. The zero-order chi connectivity index (χ0) is 22.0. The number of benzene rings is 2. The van der Waals surface area contributed by atoms with Gasteiger partial charge in [-0.15, -0.1) is 5.10 Å². The molecule has 0 aliphatic rings. The fourth-order valence-corrected chi connectivity index (χ4v) is 2.91. The van der Waals surface area contributed by atoms with Crippen LogP contribution in [-0.2, 0) is 6.18 Å². The Hall–Kier alpha value is -4.15. The summed E-state index contributed by atoms with van der Waals surface area (Å²) in [7, 11) is 1.49. The van der Waals surface area contributed by atoms with Crippen LogP contribution in [0, 0.1) is 0 Å². The number of hydrogen-bond acceptors (Lipinski definition) is 5. The molecular formula is C20H15F3N6O2. The summed E-state index contributed by atoms with van der Waals surface area (Å²) in [6.45, 7) is 0. The molecular weight excluding hydrogens is 413 g/mol. The Labute approximate surface area is 173 Å². The number of carbonyl (C=O) groups is 1. The largest absolute Gasteiger partial charge is 0.496 e. The molecule has 11 heteroatoms. The molecule has 0 spiro atoms. The number of nitrogens with one attached hydrogen (secondary N) is 2. The van der Waals surface area contributed by atoms with Gasteiger partial charge in [-0.3, -0.25) is 15.2 Å². The number of nitrogens with zero attached hydrogens (tertiary/aromatic N) is 4. The number of hydrogen-bond donors (Lipinski definition) is 2. The summed E-state index contributed by atoms with van der Waals surface area (Å²) in [4.78, 5) is 16.2. The first-order chi connectivity index (χ1) is 14.9. The highest BCUT2D eigenvalue weighted by molar-refractivity contribution is 6.07. The first kappa shape index (κ1) is 20.1. The Morgan fingerprint density at radius 1 is 1.10 bits per heavy atom. The number of carbonyl (C=O) groups excluding carboxylic acids is 1. The molecule has 2 aromatic heterocycles. The van der Waals surface area contributed by atoms with Crippen molar-refractivity contribution in [2.75, 3.05) is 12.4 Å². The number of para-hydroxylation sites is 2. The van der Waals surface area contributed by atoms with Crippen LogP contribution < -0.4 is 10.1 Å². The molecule has 0 radical (unpaired) electrons. The molecule has 2 aromatic carbocycles. The van der Waals surface area contributed by atoms with Crippen LogP contribution in [0.15, 0.2) is 60.8 Å². The van der Waals surface area contributed by atoms with Crippen molar-refractivity contribution in [2.45, 2.75) is 6.18 Å². The molecule has 0 unspecified atom stereocenters. The molecule has 0 aliphatic heterocycles. The van der Waals surface area contributed by atoms with Crippen molar-refractivity contribution in [1.82, 2.24) is 25.0 Å². The molecule has 4 rings (SSSR count). The minimum absolute atomic E-state index is 0.103. The molecule has 4 aromatic rings. The predicted octanol–water partition coefficient (Wildman–Crippen LogP) is 3.94. The number of methoxy groups -OCH3 is 1. The van der Waals surface area contributed by atoms with E-state index < -0.39 is 23.9 Å². The number of H-pyrrole nitrogens is 1. The standard InChI is InChI=1S/C20H15F3N6O2/c1-31-15-10-6-5-9-13(15)16-14(11-29(28-16)12-7-3-2-4-8-12)17(30)24-19-25-18(26-27-19)20(21,22)23/h2-11H,1H3,(H2,24,25,26,27,30). The molecule has 1 amide bonds. The van der Waals surface area contributed by atoms with Crippen LogP contribution in [0.1, 0.15) is 16.2 Å². The molecule has 31 heavy (non-hydrogen) atoms. The third kappa shape index (κ3) is 4.10. The van der Waals surface area contributed by atoms with E-state index in [1.165, 1.54) is 18.0 Å². The lowest BCUT2D eigenvalue weighted by molar-refractivity contribution is -0.144. The van der Waals surface area contributed by atoms with Gasteiger partial charge < -0.3 is 4.74 Å². The summed E-state index contributed by atoms with van der Waals surface area (Å²) in [5.41, 5.74) is 1.61. The lowest BCUT2D eigenvalue weighted by atomic mass is 10.1. The minimum Gasteiger partial charge on any atom is -0.496 e. The van der Waals surface area contributed by atoms with Gasteiger partial charge >= 0.3 is 6.18 Å². The van der Waals surface area contributed by atoms with Crippen molar-refractivity contribution in [2.24, 2.45) is 0 Å². The lowest BCUT2D eigenvalue weighted by Crippen LogP contribution is -2.14. The molecule has 0 bridgehead atoms. The number of halogens is 3. The zero-order valence-electron chi connectivity index (χ0n) is 16.0. The fraction of sp³-hybridized carbons (Fsp3) is 0.100. The van der Waals surface area contributed by atoms with Gasteiger partial charge in [0.2, 0.25) is 11.8 Å². The maximum absolute atomic E-state index is 12.9. The van der Waals surface area contributed by atoms with Gasteiger partial charge in [-0.05, 0) is 24.3 Å². The Morgan fingerprint density at radius 3 is 2.48 bits per heavy atom. The second-order valence-corrected chi connectivity index (χ2v) is 6.33. The van der Waals surface area contributed by atoms with E-state index in [4.69, 9.17) is 4.74 Å². The lowest BCUT2D eigenvalue weighted by Gasteiger charge is -2.07. The quantitative estimate of drug-likeness (QED) is 0.502. The molecule has 2 N–H and O–H groups in total. The number of rotatable bonds is 5. The van der Waals surface area contributed by atoms with Gasteiger partial charge in [-0.1, -0.05) is 30.3 Å². The van der Waals surface area contributed by atoms with E-state index >= 15 is 0 Å². The van der Waals surface area contributed by atoms with E-state index in [2.05, 4.69) is 20.5 Å². The monoisotopic (exact) mass is 428 g/mol. The summed E-state index contributed by atoms with van der Waals surface area (Å²) < 4.78 is 45.1. The van der Waals surface area contributed by atoms with E-state index in [0.717, 1.165) is 0 Å². The van der Waals surface area contributed by atoms with Gasteiger partial charge in [0, 0.05) is 11.8 Å². The third-order valence-electron chi connectivity index (χ3n) is 4.32. The van der Waals surface area contributed by atoms with E-state index in [-0.39, 0.29) is 11.3 Å². The van der Waals surface area contributed by atoms with Crippen molar-refractivity contribution in [3.63, 3.8) is 0 Å². The van der Waals surface area contributed by atoms with Gasteiger partial charge in [0.25, 0.3) is 5.91 Å². The highest BCUT2D eigenvalue weighted by Gasteiger charge is 2.35. The van der Waals surface area contributed by atoms with Crippen molar-refractivity contribution in [3.05, 3.63) is 72.2 Å². The van der Waals surface area contributed by atoms with E-state index in [9.17, 15) is 18.0 Å². The number of aromatic amines is 1. The predicted molar refractivity (Wildman–Crippen MR) is 105 cm³/mol. The first-order valence-electron chi connectivity index (χ1n) is 8.96. The molecule has 2 heterocycles. The van der Waals surface area contributed by atoms with Gasteiger partial charge in [0.1, 0.15) is 11.4 Å². The number of amides is 1. The Bertz CT molecular complexity index is 1220.